The van der Waals surface area contributed by atoms with Crippen molar-refractivity contribution in [3.63, 3.8) is 0 Å². The lowest BCUT2D eigenvalue weighted by Crippen LogP contribution is -2.32. The average molecular weight is 225 g/mol. The van der Waals surface area contributed by atoms with E-state index in [1.54, 1.807) is 7.06 Å². The highest BCUT2D eigenvalue weighted by Crippen LogP contribution is 2.09. The topological polar surface area (TPSA) is 17.8 Å². The molecule has 12 heteroatoms. The highest BCUT2D eigenvalue weighted by Gasteiger charge is 2.03. The van der Waals surface area contributed by atoms with Crippen molar-refractivity contribution in [2.45, 2.75) is 0 Å². The van der Waals surface area contributed by atoms with Crippen LogP contribution in [-0.2, 0) is 0 Å². The van der Waals surface area contributed by atoms with E-state index < -0.39 is 0 Å². The van der Waals surface area contributed by atoms with Gasteiger partial charge in [0, 0.05) is 64.2 Å². The molecule has 0 fully saturated rings. The Kier molecular flexibility index (Phi) is 6.59. The molecule has 0 bridgehead atoms. The summed E-state index contributed by atoms with van der Waals surface area (Å²) < 4.78 is 1.99. The van der Waals surface area contributed by atoms with Crippen LogP contribution in [0.25, 0.3) is 11.0 Å². The smallest absolute Gasteiger partial charge is 0.193 e. The molecule has 2 rings (SSSR count). The molecule has 73 valence electrons. The molecule has 0 saturated carbocycles. The maximum absolute atomic E-state index is 5.21. The fourth-order valence-corrected chi connectivity index (χ4v) is 1.62. The van der Waals surface area contributed by atoms with Crippen molar-refractivity contribution in [3.05, 3.63) is 30.6 Å². The molecular formula is C7H5B10N2. The van der Waals surface area contributed by atoms with E-state index in [0.717, 1.165) is 11.0 Å². The van der Waals surface area contributed by atoms with Gasteiger partial charge >= 0.3 is 0 Å². The molecule has 1 aromatic carbocycles. The normalized spacial score (nSPS) is 9.26. The molecule has 0 N–H and O–H groups in total. The average Bonchev–Trinajstić information content (AvgIpc) is 2.85. The zero-order valence-corrected chi connectivity index (χ0v) is 10.6. The van der Waals surface area contributed by atoms with Crippen molar-refractivity contribution >= 4 is 82.6 Å². The highest BCUT2D eigenvalue weighted by atomic mass is 15.0. The molecule has 0 spiro atoms. The summed E-state index contributed by atoms with van der Waals surface area (Å²) in [4.78, 5) is 4.32. The molecule has 0 aliphatic heterocycles. The van der Waals surface area contributed by atoms with Crippen LogP contribution in [-0.4, -0.2) is 81.0 Å². The Hall–Kier alpha value is -0.661. The van der Waals surface area contributed by atoms with Gasteiger partial charge in [0.05, 0.1) is 17.4 Å². The maximum atomic E-state index is 5.21. The van der Waals surface area contributed by atoms with Gasteiger partial charge in [0.2, 0.25) is 0 Å². The molecule has 0 amide bonds. The van der Waals surface area contributed by atoms with Gasteiger partial charge in [0.25, 0.3) is 0 Å². The number of aromatic nitrogens is 2. The third kappa shape index (κ3) is 4.74. The second-order valence-electron chi connectivity index (χ2n) is 3.83. The molecule has 1 heterocycles. The summed E-state index contributed by atoms with van der Waals surface area (Å²) in [5.41, 5.74) is 2.10. The molecular weight excluding hydrogens is 220 g/mol. The number of hydrogen-bond donors (Lipinski definition) is 0. The van der Waals surface area contributed by atoms with E-state index in [2.05, 4.69) is 4.98 Å². The minimum atomic E-state index is 0.999. The standard InChI is InChI=1S/C7H5B10N2/c8-9-10-11-12-13-14-15-16-17-19-5-18-6-3-1-2-4-7(6)19/h1-5H. The molecule has 2 aromatic rings. The van der Waals surface area contributed by atoms with Crippen molar-refractivity contribution in [1.82, 2.24) is 9.46 Å². The monoisotopic (exact) mass is 227 g/mol. The van der Waals surface area contributed by atoms with E-state index in [0.29, 0.717) is 0 Å². The van der Waals surface area contributed by atoms with Gasteiger partial charge in [-0.25, -0.2) is 4.98 Å². The number of benzene rings is 1. The Balaban J connectivity index is 1.63. The first kappa shape index (κ1) is 14.7. The van der Waals surface area contributed by atoms with Crippen LogP contribution in [0.5, 0.6) is 0 Å². The molecule has 0 saturated heterocycles. The van der Waals surface area contributed by atoms with Gasteiger partial charge in [-0.2, -0.15) is 0 Å². The lowest BCUT2D eigenvalue weighted by molar-refractivity contribution is 1.24. The lowest BCUT2D eigenvalue weighted by Gasteiger charge is -2.01. The summed E-state index contributed by atoms with van der Waals surface area (Å²) in [5.74, 6) is 0. The Morgan fingerprint density at radius 2 is 1.58 bits per heavy atom. The Morgan fingerprint density at radius 1 is 0.895 bits per heavy atom. The van der Waals surface area contributed by atoms with Gasteiger partial charge in [-0.15, -0.1) is 0 Å². The second kappa shape index (κ2) is 8.50. The Bertz CT molecular complexity index is 489. The van der Waals surface area contributed by atoms with Crippen LogP contribution in [0.3, 0.4) is 0 Å². The van der Waals surface area contributed by atoms with Gasteiger partial charge in [-0.05, 0) is 12.1 Å². The third-order valence-electron chi connectivity index (χ3n) is 2.51. The zero-order valence-electron chi connectivity index (χ0n) is 10.6. The summed E-state index contributed by atoms with van der Waals surface area (Å²) >= 11 is 0. The molecule has 19 heavy (non-hydrogen) atoms. The van der Waals surface area contributed by atoms with Gasteiger partial charge in [-0.3, -0.25) is 0 Å². The summed E-state index contributed by atoms with van der Waals surface area (Å²) in [6.07, 6.45) is 1.81. The number of rotatable bonds is 9. The zero-order chi connectivity index (χ0) is 13.3. The van der Waals surface area contributed by atoms with Crippen molar-refractivity contribution in [2.75, 3.05) is 0 Å². The van der Waals surface area contributed by atoms with Crippen LogP contribution in [0.1, 0.15) is 0 Å². The highest BCUT2D eigenvalue weighted by molar-refractivity contribution is 7.68. The van der Waals surface area contributed by atoms with E-state index >= 15 is 0 Å². The summed E-state index contributed by atoms with van der Waals surface area (Å²) in [6, 6.07) is 8.04. The van der Waals surface area contributed by atoms with Crippen LogP contribution in [0.2, 0.25) is 0 Å². The molecule has 0 unspecified atom stereocenters. The number of hydrogen-bond acceptors (Lipinski definition) is 1. The van der Waals surface area contributed by atoms with Crippen LogP contribution in [0, 0.1) is 0 Å². The maximum Gasteiger partial charge on any atom is 0.193 e. The quantitative estimate of drug-likeness (QED) is 0.342. The number of fused-ring (bicyclic) bond motifs is 1. The number of para-hydroxylation sites is 2. The van der Waals surface area contributed by atoms with E-state index in [-0.39, 0.29) is 0 Å². The largest absolute Gasteiger partial charge is 0.391 e. The minimum Gasteiger partial charge on any atom is -0.391 e. The van der Waals surface area contributed by atoms with Crippen molar-refractivity contribution < 1.29 is 0 Å². The van der Waals surface area contributed by atoms with Gasteiger partial charge in [0.15, 0.2) is 7.31 Å². The first-order valence-corrected chi connectivity index (χ1v) is 6.05. The van der Waals surface area contributed by atoms with Gasteiger partial charge in [0.1, 0.15) is 0 Å². The Morgan fingerprint density at radius 3 is 2.37 bits per heavy atom. The van der Waals surface area contributed by atoms with E-state index in [1.807, 2.05) is 84.7 Å². The molecule has 1 aromatic heterocycles. The minimum absolute atomic E-state index is 0.999. The van der Waals surface area contributed by atoms with E-state index in [4.69, 9.17) is 7.74 Å². The molecule has 11 radical (unpaired) electrons. The number of imidazole rings is 1. The molecule has 0 aliphatic rings. The molecule has 2 nitrogen and oxygen atoms in total. The Labute approximate surface area is 123 Å². The number of nitrogens with zero attached hydrogens (tertiary/aromatic N) is 2. The van der Waals surface area contributed by atoms with Crippen LogP contribution < -0.4 is 0 Å². The first-order valence-electron chi connectivity index (χ1n) is 6.05. The van der Waals surface area contributed by atoms with Crippen molar-refractivity contribution in [1.29, 1.82) is 0 Å². The fraction of sp³-hybridized carbons (Fsp3) is 0. The fourth-order valence-electron chi connectivity index (χ4n) is 1.62. The van der Waals surface area contributed by atoms with Crippen LogP contribution in [0.15, 0.2) is 30.6 Å². The summed E-state index contributed by atoms with van der Waals surface area (Å²) in [6.45, 7) is 0. The lowest BCUT2D eigenvalue weighted by atomic mass is 8.89. The van der Waals surface area contributed by atoms with Crippen molar-refractivity contribution in [2.24, 2.45) is 0 Å². The van der Waals surface area contributed by atoms with Crippen molar-refractivity contribution in [3.8, 4) is 0 Å². The SMILES string of the molecule is [B][B][B][B][B][B][B][B][B][B]n1cnc2ccccc21. The van der Waals surface area contributed by atoms with Gasteiger partial charge < -0.3 is 4.48 Å². The third-order valence-corrected chi connectivity index (χ3v) is 2.51. The predicted octanol–water partition coefficient (Wildman–Crippen LogP) is -2.46. The van der Waals surface area contributed by atoms with E-state index in [9.17, 15) is 0 Å². The first-order chi connectivity index (χ1) is 9.42. The predicted molar refractivity (Wildman–Crippen MR) is 92.7 cm³/mol. The van der Waals surface area contributed by atoms with Crippen LogP contribution >= 0.6 is 0 Å². The van der Waals surface area contributed by atoms with Gasteiger partial charge in [-0.1, -0.05) is 12.1 Å². The molecule has 0 aliphatic carbocycles. The summed E-state index contributed by atoms with van der Waals surface area (Å²) in [5, 5.41) is 0. The van der Waals surface area contributed by atoms with Crippen LogP contribution in [0.4, 0.5) is 0 Å². The summed E-state index contributed by atoms with van der Waals surface area (Å²) in [7, 11) is 22.1. The second-order valence-corrected chi connectivity index (χ2v) is 3.83. The molecule has 0 atom stereocenters. The van der Waals surface area contributed by atoms with E-state index in [1.165, 1.54) is 7.06 Å².